The van der Waals surface area contributed by atoms with Crippen LogP contribution in [0, 0.1) is 0 Å². The second kappa shape index (κ2) is 4.96. The lowest BCUT2D eigenvalue weighted by molar-refractivity contribution is -0.492. The Balaban J connectivity index is 2.85. The molecule has 1 N–H and O–H groups in total. The van der Waals surface area contributed by atoms with E-state index in [1.54, 1.807) is 0 Å². The quantitative estimate of drug-likeness (QED) is 0.502. The van der Waals surface area contributed by atoms with E-state index in [1.165, 1.54) is 0 Å². The van der Waals surface area contributed by atoms with Crippen molar-refractivity contribution in [1.82, 2.24) is 0 Å². The molecule has 0 fully saturated rings. The summed E-state index contributed by atoms with van der Waals surface area (Å²) < 4.78 is 10.1. The SMILES string of the molecule is C=C1C=CC([OH+]C(C)C)=CC1=[O+]C(C)C. The van der Waals surface area contributed by atoms with Crippen molar-refractivity contribution < 1.29 is 9.16 Å². The second-order valence-corrected chi connectivity index (χ2v) is 4.18. The van der Waals surface area contributed by atoms with E-state index in [2.05, 4.69) is 25.2 Å². The number of aliphatic hydroxyl groups is 2. The maximum absolute atomic E-state index is 5.64. The van der Waals surface area contributed by atoms with E-state index in [1.807, 2.05) is 32.1 Å². The highest BCUT2D eigenvalue weighted by Crippen LogP contribution is 2.12. The van der Waals surface area contributed by atoms with Gasteiger partial charge >= 0.3 is 5.78 Å². The molecule has 2 nitrogen and oxygen atoms in total. The third-order valence-corrected chi connectivity index (χ3v) is 1.82. The third-order valence-electron chi connectivity index (χ3n) is 1.82. The third kappa shape index (κ3) is 3.74. The molecule has 0 spiro atoms. The van der Waals surface area contributed by atoms with E-state index in [4.69, 9.17) is 4.42 Å². The van der Waals surface area contributed by atoms with Crippen molar-refractivity contribution in [3.05, 3.63) is 36.1 Å². The Morgan fingerprint density at radius 2 is 1.87 bits per heavy atom. The highest BCUT2D eigenvalue weighted by molar-refractivity contribution is 6.07. The molecule has 82 valence electrons. The van der Waals surface area contributed by atoms with E-state index >= 15 is 0 Å². The minimum absolute atomic E-state index is 0.166. The topological polar surface area (TPSA) is 24.1 Å². The average Bonchev–Trinajstić information content (AvgIpc) is 2.09. The number of hydrogen-bond donors (Lipinski definition) is 0. The Labute approximate surface area is 91.6 Å². The normalized spacial score (nSPS) is 18.9. The van der Waals surface area contributed by atoms with Crippen LogP contribution in [-0.2, 0) is 4.42 Å². The molecule has 1 rings (SSSR count). The molecular formula is C13H20O2+2. The van der Waals surface area contributed by atoms with Gasteiger partial charge < -0.3 is 4.74 Å². The first-order valence-electron chi connectivity index (χ1n) is 5.32. The zero-order chi connectivity index (χ0) is 11.4. The molecule has 2 heteroatoms. The van der Waals surface area contributed by atoms with Gasteiger partial charge in [-0.05, 0) is 6.08 Å². The smallest absolute Gasteiger partial charge is 0.359 e. The Morgan fingerprint density at radius 3 is 2.40 bits per heavy atom. The monoisotopic (exact) mass is 208 g/mol. The summed E-state index contributed by atoms with van der Waals surface area (Å²) in [5.74, 6) is 1.78. The van der Waals surface area contributed by atoms with Gasteiger partial charge in [0.25, 0.3) is 11.9 Å². The van der Waals surface area contributed by atoms with Crippen LogP contribution in [0.3, 0.4) is 0 Å². The maximum Gasteiger partial charge on any atom is 0.359 e. The first-order chi connectivity index (χ1) is 6.99. The molecule has 1 aliphatic carbocycles. The summed E-state index contributed by atoms with van der Waals surface area (Å²) in [4.78, 5) is 0. The summed E-state index contributed by atoms with van der Waals surface area (Å²) in [6.45, 7) is 12.1. The van der Waals surface area contributed by atoms with Crippen LogP contribution in [0.5, 0.6) is 0 Å². The first-order valence-corrected chi connectivity index (χ1v) is 5.32. The molecule has 0 aromatic heterocycles. The van der Waals surface area contributed by atoms with E-state index in [0.29, 0.717) is 6.10 Å². The van der Waals surface area contributed by atoms with Gasteiger partial charge in [0, 0.05) is 33.8 Å². The summed E-state index contributed by atoms with van der Waals surface area (Å²) in [5.41, 5.74) is 0.909. The van der Waals surface area contributed by atoms with E-state index in [9.17, 15) is 0 Å². The first kappa shape index (κ1) is 11.8. The van der Waals surface area contributed by atoms with Gasteiger partial charge in [0.15, 0.2) is 6.10 Å². The van der Waals surface area contributed by atoms with Gasteiger partial charge in [0.05, 0.1) is 5.57 Å². The molecule has 0 amide bonds. The number of ether oxygens (including phenoxy) is 1. The Morgan fingerprint density at radius 1 is 1.20 bits per heavy atom. The lowest BCUT2D eigenvalue weighted by Crippen LogP contribution is -2.14. The fraction of sp³-hybridized carbons (Fsp3) is 0.462. The minimum Gasteiger partial charge on any atom is -0.581 e. The molecule has 0 saturated carbocycles. The molecule has 0 aromatic rings. The molecule has 1 aliphatic rings. The van der Waals surface area contributed by atoms with Gasteiger partial charge in [-0.3, -0.25) is 4.42 Å². The summed E-state index contributed by atoms with van der Waals surface area (Å²) in [6.07, 6.45) is 6.32. The molecule has 0 bridgehead atoms. The highest BCUT2D eigenvalue weighted by Gasteiger charge is 2.22. The van der Waals surface area contributed by atoms with Crippen molar-refractivity contribution in [2.75, 3.05) is 0 Å². The summed E-state index contributed by atoms with van der Waals surface area (Å²) in [6, 6.07) is 0. The lowest BCUT2D eigenvalue weighted by atomic mass is 10.1. The molecule has 0 radical (unpaired) electrons. The highest BCUT2D eigenvalue weighted by atomic mass is 16.5. The van der Waals surface area contributed by atoms with Gasteiger partial charge in [-0.15, -0.1) is 0 Å². The summed E-state index contributed by atoms with van der Waals surface area (Å²) >= 11 is 0. The fourth-order valence-electron chi connectivity index (χ4n) is 1.29. The second-order valence-electron chi connectivity index (χ2n) is 4.18. The largest absolute Gasteiger partial charge is 0.581 e. The summed E-state index contributed by atoms with van der Waals surface area (Å²) in [5, 5.41) is 0. The maximum atomic E-state index is 5.64. The van der Waals surface area contributed by atoms with Crippen LogP contribution < -0.4 is 0 Å². The van der Waals surface area contributed by atoms with Gasteiger partial charge in [-0.25, -0.2) is 0 Å². The van der Waals surface area contributed by atoms with Crippen LogP contribution in [0.1, 0.15) is 27.7 Å². The van der Waals surface area contributed by atoms with Crippen LogP contribution in [-0.4, -0.2) is 22.7 Å². The number of rotatable bonds is 3. The van der Waals surface area contributed by atoms with Gasteiger partial charge in [-0.1, -0.05) is 6.58 Å². The number of hydrogen-bond acceptors (Lipinski definition) is 0. The minimum atomic E-state index is 0.166. The Hall–Kier alpha value is -1.31. The lowest BCUT2D eigenvalue weighted by Gasteiger charge is -2.09. The predicted molar refractivity (Wildman–Crippen MR) is 63.9 cm³/mol. The average molecular weight is 208 g/mol. The van der Waals surface area contributed by atoms with Crippen LogP contribution in [0.15, 0.2) is 36.1 Å². The molecule has 0 saturated heterocycles. The van der Waals surface area contributed by atoms with Crippen LogP contribution in [0.4, 0.5) is 0 Å². The van der Waals surface area contributed by atoms with Crippen LogP contribution >= 0.6 is 0 Å². The fourth-order valence-corrected chi connectivity index (χ4v) is 1.29. The van der Waals surface area contributed by atoms with Gasteiger partial charge in [-0.2, -0.15) is 0 Å². The molecule has 0 aromatic carbocycles. The van der Waals surface area contributed by atoms with Gasteiger partial charge in [0.1, 0.15) is 6.08 Å². The van der Waals surface area contributed by atoms with E-state index < -0.39 is 0 Å². The van der Waals surface area contributed by atoms with Crippen molar-refractivity contribution in [3.8, 4) is 0 Å². The molecular weight excluding hydrogens is 188 g/mol. The van der Waals surface area contributed by atoms with Crippen molar-refractivity contribution in [2.24, 2.45) is 0 Å². The number of allylic oxidation sites excluding steroid dienone is 4. The Kier molecular flexibility index (Phi) is 3.89. The van der Waals surface area contributed by atoms with Crippen molar-refractivity contribution >= 4 is 5.78 Å². The molecule has 0 heterocycles. The number of carbonyl (C=O) groups excluding carboxylic acids is 1. The van der Waals surface area contributed by atoms with E-state index in [0.717, 1.165) is 17.1 Å². The number of ketones is 1. The van der Waals surface area contributed by atoms with Crippen LogP contribution in [0.2, 0.25) is 0 Å². The summed E-state index contributed by atoms with van der Waals surface area (Å²) in [7, 11) is 0. The standard InChI is InChI=1S/C13H19O2/c1-9(2)14-12-7-6-11(5)13(8-12)15-10(3)4/h6-10H,5H2,1-4H3/q+1/p+1. The molecule has 0 aliphatic heterocycles. The molecule has 15 heavy (non-hydrogen) atoms. The van der Waals surface area contributed by atoms with Crippen molar-refractivity contribution in [1.29, 1.82) is 0 Å². The van der Waals surface area contributed by atoms with Crippen molar-refractivity contribution in [3.63, 3.8) is 0 Å². The van der Waals surface area contributed by atoms with Gasteiger partial charge in [0.2, 0.25) is 0 Å². The predicted octanol–water partition coefficient (Wildman–Crippen LogP) is 2.45. The van der Waals surface area contributed by atoms with Crippen molar-refractivity contribution in [2.45, 2.75) is 39.9 Å². The molecule has 0 unspecified atom stereocenters. The van der Waals surface area contributed by atoms with E-state index in [-0.39, 0.29) is 6.10 Å². The Bertz CT molecular complexity index is 330. The zero-order valence-corrected chi connectivity index (χ0v) is 9.95. The van der Waals surface area contributed by atoms with Crippen LogP contribution in [0.25, 0.3) is 0 Å². The molecule has 0 atom stereocenters. The zero-order valence-electron chi connectivity index (χ0n) is 9.95.